The number of nitrogens with one attached hydrogen (secondary N) is 2. The number of ether oxygens (including phenoxy) is 1. The van der Waals surface area contributed by atoms with E-state index in [2.05, 4.69) is 10.6 Å². The first kappa shape index (κ1) is 18.5. The van der Waals surface area contributed by atoms with E-state index < -0.39 is 0 Å². The second-order valence-electron chi connectivity index (χ2n) is 6.49. The minimum Gasteiger partial charge on any atom is -0.486 e. The molecule has 2 aromatic carbocycles. The van der Waals surface area contributed by atoms with E-state index in [9.17, 15) is 0 Å². The van der Waals surface area contributed by atoms with Crippen LogP contribution >= 0.6 is 23.2 Å². The largest absolute Gasteiger partial charge is 0.486 e. The molecule has 134 valence electrons. The van der Waals surface area contributed by atoms with E-state index >= 15 is 0 Å². The Balaban J connectivity index is 1.54. The standard InChI is InChI=1S/C20H24Cl2N2O/c21-18-10-17(13-24-12-15-6-8-23-9-7-15)11-19(22)20(18)25-14-16-4-2-1-3-5-16/h1-5,10-11,15,23-24H,6-9,12-14H2. The van der Waals surface area contributed by atoms with E-state index in [0.29, 0.717) is 22.4 Å². The molecule has 0 amide bonds. The summed E-state index contributed by atoms with van der Waals surface area (Å²) in [5, 5.41) is 8.02. The number of piperidine rings is 1. The van der Waals surface area contributed by atoms with Crippen LogP contribution in [-0.2, 0) is 13.2 Å². The highest BCUT2D eigenvalue weighted by Crippen LogP contribution is 2.34. The lowest BCUT2D eigenvalue weighted by molar-refractivity contribution is 0.306. The van der Waals surface area contributed by atoms with Gasteiger partial charge in [-0.2, -0.15) is 0 Å². The zero-order valence-corrected chi connectivity index (χ0v) is 15.7. The van der Waals surface area contributed by atoms with Crippen molar-refractivity contribution in [2.45, 2.75) is 26.0 Å². The summed E-state index contributed by atoms with van der Waals surface area (Å²) in [6, 6.07) is 13.8. The van der Waals surface area contributed by atoms with Crippen LogP contribution in [0.3, 0.4) is 0 Å². The molecule has 1 heterocycles. The lowest BCUT2D eigenvalue weighted by atomic mass is 9.98. The van der Waals surface area contributed by atoms with Crippen molar-refractivity contribution in [3.63, 3.8) is 0 Å². The number of hydrogen-bond acceptors (Lipinski definition) is 3. The van der Waals surface area contributed by atoms with Crippen LogP contribution in [0.4, 0.5) is 0 Å². The van der Waals surface area contributed by atoms with E-state index in [-0.39, 0.29) is 0 Å². The maximum Gasteiger partial charge on any atom is 0.156 e. The Morgan fingerprint density at radius 1 is 1.00 bits per heavy atom. The second-order valence-corrected chi connectivity index (χ2v) is 7.30. The molecular weight excluding hydrogens is 355 g/mol. The highest BCUT2D eigenvalue weighted by atomic mass is 35.5. The molecule has 1 fully saturated rings. The molecule has 2 aromatic rings. The minimum absolute atomic E-state index is 0.452. The molecular formula is C20H24Cl2N2O. The van der Waals surface area contributed by atoms with Gasteiger partial charge in [-0.15, -0.1) is 0 Å². The fourth-order valence-corrected chi connectivity index (χ4v) is 3.73. The topological polar surface area (TPSA) is 33.3 Å². The summed E-state index contributed by atoms with van der Waals surface area (Å²) in [6.07, 6.45) is 2.47. The van der Waals surface area contributed by atoms with Gasteiger partial charge in [0, 0.05) is 6.54 Å². The van der Waals surface area contributed by atoms with Crippen molar-refractivity contribution in [1.29, 1.82) is 0 Å². The molecule has 0 aliphatic carbocycles. The van der Waals surface area contributed by atoms with Gasteiger partial charge in [0.1, 0.15) is 6.61 Å². The van der Waals surface area contributed by atoms with Crippen molar-refractivity contribution in [3.05, 3.63) is 63.6 Å². The fourth-order valence-electron chi connectivity index (χ4n) is 3.09. The van der Waals surface area contributed by atoms with Crippen LogP contribution in [0.15, 0.2) is 42.5 Å². The molecule has 3 rings (SSSR count). The molecule has 2 N–H and O–H groups in total. The maximum atomic E-state index is 6.38. The molecule has 0 aromatic heterocycles. The predicted molar refractivity (Wildman–Crippen MR) is 105 cm³/mol. The van der Waals surface area contributed by atoms with Gasteiger partial charge in [-0.05, 0) is 61.7 Å². The summed E-state index contributed by atoms with van der Waals surface area (Å²) in [6.45, 7) is 4.49. The zero-order valence-electron chi connectivity index (χ0n) is 14.2. The Morgan fingerprint density at radius 3 is 2.36 bits per heavy atom. The van der Waals surface area contributed by atoms with Gasteiger partial charge >= 0.3 is 0 Å². The highest BCUT2D eigenvalue weighted by molar-refractivity contribution is 6.37. The number of rotatable bonds is 7. The molecule has 0 atom stereocenters. The van der Waals surface area contributed by atoms with Crippen molar-refractivity contribution in [2.24, 2.45) is 5.92 Å². The van der Waals surface area contributed by atoms with E-state index in [1.54, 1.807) is 0 Å². The Morgan fingerprint density at radius 2 is 1.68 bits per heavy atom. The average Bonchev–Trinajstić information content (AvgIpc) is 2.63. The van der Waals surface area contributed by atoms with E-state index in [0.717, 1.165) is 43.2 Å². The summed E-state index contributed by atoms with van der Waals surface area (Å²) in [5.41, 5.74) is 2.17. The van der Waals surface area contributed by atoms with E-state index in [4.69, 9.17) is 27.9 Å². The average molecular weight is 379 g/mol. The van der Waals surface area contributed by atoms with Crippen molar-refractivity contribution < 1.29 is 4.74 Å². The van der Waals surface area contributed by atoms with Gasteiger partial charge in [0.05, 0.1) is 10.0 Å². The van der Waals surface area contributed by atoms with Crippen LogP contribution in [-0.4, -0.2) is 19.6 Å². The molecule has 1 aliphatic rings. The molecule has 3 nitrogen and oxygen atoms in total. The van der Waals surface area contributed by atoms with Crippen molar-refractivity contribution in [3.8, 4) is 5.75 Å². The third-order valence-corrected chi connectivity index (χ3v) is 5.07. The quantitative estimate of drug-likeness (QED) is 0.734. The van der Waals surface area contributed by atoms with Gasteiger partial charge in [0.15, 0.2) is 5.75 Å². The summed E-state index contributed by atoms with van der Waals surface area (Å²) in [4.78, 5) is 0. The highest BCUT2D eigenvalue weighted by Gasteiger charge is 2.13. The van der Waals surface area contributed by atoms with Crippen molar-refractivity contribution in [1.82, 2.24) is 10.6 Å². The molecule has 1 aliphatic heterocycles. The molecule has 0 radical (unpaired) electrons. The number of halogens is 2. The Bertz CT molecular complexity index is 650. The molecule has 0 spiro atoms. The zero-order chi connectivity index (χ0) is 17.5. The molecule has 1 saturated heterocycles. The SMILES string of the molecule is Clc1cc(CNCC2CCNCC2)cc(Cl)c1OCc1ccccc1. The molecule has 0 unspecified atom stereocenters. The van der Waals surface area contributed by atoms with Gasteiger partial charge in [-0.25, -0.2) is 0 Å². The first-order valence-electron chi connectivity index (χ1n) is 8.78. The second kappa shape index (κ2) is 9.44. The normalized spacial score (nSPS) is 15.3. The van der Waals surface area contributed by atoms with Gasteiger partial charge in [-0.3, -0.25) is 0 Å². The van der Waals surface area contributed by atoms with Crippen LogP contribution in [0.5, 0.6) is 5.75 Å². The van der Waals surface area contributed by atoms with Gasteiger partial charge in [0.25, 0.3) is 0 Å². The Kier molecular flexibility index (Phi) is 7.00. The van der Waals surface area contributed by atoms with Crippen molar-refractivity contribution in [2.75, 3.05) is 19.6 Å². The lowest BCUT2D eigenvalue weighted by Crippen LogP contribution is -2.33. The Labute approximate surface area is 159 Å². The lowest BCUT2D eigenvalue weighted by Gasteiger charge is -2.23. The molecule has 5 heteroatoms. The van der Waals surface area contributed by atoms with Crippen LogP contribution in [0, 0.1) is 5.92 Å². The van der Waals surface area contributed by atoms with Gasteiger partial charge in [-0.1, -0.05) is 53.5 Å². The third kappa shape index (κ3) is 5.61. The summed E-state index contributed by atoms with van der Waals surface area (Å²) >= 11 is 12.8. The first-order valence-corrected chi connectivity index (χ1v) is 9.54. The number of benzene rings is 2. The summed E-state index contributed by atoms with van der Waals surface area (Å²) in [7, 11) is 0. The third-order valence-electron chi connectivity index (χ3n) is 4.50. The molecule has 0 bridgehead atoms. The first-order chi connectivity index (χ1) is 12.2. The monoisotopic (exact) mass is 378 g/mol. The molecule has 25 heavy (non-hydrogen) atoms. The summed E-state index contributed by atoms with van der Waals surface area (Å²) in [5.74, 6) is 1.30. The van der Waals surface area contributed by atoms with Gasteiger partial charge in [0.2, 0.25) is 0 Å². The van der Waals surface area contributed by atoms with Gasteiger partial charge < -0.3 is 15.4 Å². The molecule has 0 saturated carbocycles. The minimum atomic E-state index is 0.452. The Hall–Kier alpha value is -1.26. The van der Waals surface area contributed by atoms with Crippen molar-refractivity contribution >= 4 is 23.2 Å². The van der Waals surface area contributed by atoms with Crippen LogP contribution in [0.2, 0.25) is 10.0 Å². The smallest absolute Gasteiger partial charge is 0.156 e. The predicted octanol–water partition coefficient (Wildman–Crippen LogP) is 4.66. The van der Waals surface area contributed by atoms with E-state index in [1.165, 1.54) is 12.8 Å². The van der Waals surface area contributed by atoms with Crippen LogP contribution in [0.25, 0.3) is 0 Å². The fraction of sp³-hybridized carbons (Fsp3) is 0.400. The number of hydrogen-bond donors (Lipinski definition) is 2. The maximum absolute atomic E-state index is 6.38. The van der Waals surface area contributed by atoms with Crippen LogP contribution in [0.1, 0.15) is 24.0 Å². The van der Waals surface area contributed by atoms with E-state index in [1.807, 2.05) is 42.5 Å². The van der Waals surface area contributed by atoms with Crippen LogP contribution < -0.4 is 15.4 Å². The summed E-state index contributed by atoms with van der Waals surface area (Å²) < 4.78 is 5.82.